The Morgan fingerprint density at radius 3 is 2.52 bits per heavy atom. The van der Waals surface area contributed by atoms with Gasteiger partial charge in [0.15, 0.2) is 6.61 Å². The lowest BCUT2D eigenvalue weighted by molar-refractivity contribution is -0.139. The zero-order chi connectivity index (χ0) is 21.4. The van der Waals surface area contributed by atoms with Crippen LogP contribution in [0, 0.1) is 18.8 Å². The molecule has 0 radical (unpaired) electrons. The summed E-state index contributed by atoms with van der Waals surface area (Å²) in [7, 11) is 6.18. The van der Waals surface area contributed by atoms with Gasteiger partial charge >= 0.3 is 5.97 Å². The van der Waals surface area contributed by atoms with Crippen LogP contribution >= 0.6 is 23.5 Å². The van der Waals surface area contributed by atoms with E-state index in [1.807, 2.05) is 13.0 Å². The highest BCUT2D eigenvalue weighted by Gasteiger charge is 2.07. The molecule has 0 saturated carbocycles. The third-order valence-electron chi connectivity index (χ3n) is 3.96. The summed E-state index contributed by atoms with van der Waals surface area (Å²) in [5.74, 6) is 5.60. The average molecular weight is 433 g/mol. The third kappa shape index (κ3) is 8.00. The summed E-state index contributed by atoms with van der Waals surface area (Å²) in [6.07, 6.45) is 0. The summed E-state index contributed by atoms with van der Waals surface area (Å²) in [6, 6.07) is 11.1. The molecule has 2 rings (SSSR count). The van der Waals surface area contributed by atoms with Gasteiger partial charge in [-0.05, 0) is 75.9 Å². The number of likely N-dealkylation sites (N-methyl/N-ethyl adjacent to an activating group) is 2. The number of aliphatic carboxylic acids is 1. The van der Waals surface area contributed by atoms with E-state index in [-0.39, 0.29) is 0 Å². The van der Waals surface area contributed by atoms with Crippen LogP contribution in [0.25, 0.3) is 0 Å². The van der Waals surface area contributed by atoms with E-state index in [0.717, 1.165) is 29.1 Å². The van der Waals surface area contributed by atoms with Gasteiger partial charge in [-0.3, -0.25) is 0 Å². The monoisotopic (exact) mass is 432 g/mol. The van der Waals surface area contributed by atoms with Crippen LogP contribution in [0.4, 0.5) is 0 Å². The summed E-state index contributed by atoms with van der Waals surface area (Å²) in [6.45, 7) is 3.50. The number of carbonyl (C=O) groups is 1. The number of rotatable bonds is 8. The van der Waals surface area contributed by atoms with Crippen molar-refractivity contribution in [2.45, 2.75) is 11.8 Å². The van der Waals surface area contributed by atoms with E-state index in [1.54, 1.807) is 30.1 Å². The van der Waals surface area contributed by atoms with E-state index in [9.17, 15) is 4.79 Å². The van der Waals surface area contributed by atoms with Crippen molar-refractivity contribution in [3.8, 4) is 17.6 Å². The first kappa shape index (κ1) is 23.1. The summed E-state index contributed by atoms with van der Waals surface area (Å²) in [5.41, 5.74) is 2.52. The Bertz CT molecular complexity index is 922. The van der Waals surface area contributed by atoms with Gasteiger partial charge in [-0.1, -0.05) is 29.5 Å². The Balaban J connectivity index is 2.22. The molecule has 154 valence electrons. The number of ether oxygens (including phenoxy) is 1. The van der Waals surface area contributed by atoms with E-state index < -0.39 is 12.6 Å². The SMILES string of the molecule is Cc1ccc(SN(C)CCN(C)C)cc1C#Cc1cc(Cl)ccc1OCC(=O)O. The average Bonchev–Trinajstić information content (AvgIpc) is 2.66. The maximum Gasteiger partial charge on any atom is 0.341 e. The lowest BCUT2D eigenvalue weighted by Gasteiger charge is -2.18. The third-order valence-corrected chi connectivity index (χ3v) is 5.15. The molecule has 0 atom stereocenters. The Hall–Kier alpha value is -2.17. The first-order valence-electron chi connectivity index (χ1n) is 9.05. The molecule has 0 aliphatic rings. The summed E-state index contributed by atoms with van der Waals surface area (Å²) in [5, 5.41) is 9.35. The van der Waals surface area contributed by atoms with E-state index in [0.29, 0.717) is 16.3 Å². The van der Waals surface area contributed by atoms with Gasteiger partial charge in [0, 0.05) is 28.6 Å². The lowest BCUT2D eigenvalue weighted by atomic mass is 10.1. The van der Waals surface area contributed by atoms with Crippen LogP contribution in [0.15, 0.2) is 41.3 Å². The first-order chi connectivity index (χ1) is 13.7. The Kier molecular flexibility index (Phi) is 8.87. The fourth-order valence-corrected chi connectivity index (χ4v) is 3.36. The van der Waals surface area contributed by atoms with Gasteiger partial charge in [0.1, 0.15) is 5.75 Å². The minimum absolute atomic E-state index is 0.399. The second-order valence-corrected chi connectivity index (χ2v) is 8.51. The molecule has 0 unspecified atom stereocenters. The number of aryl methyl sites for hydroxylation is 1. The fraction of sp³-hybridized carbons (Fsp3) is 0.318. The molecule has 0 aliphatic carbocycles. The molecule has 0 fully saturated rings. The second-order valence-electron chi connectivity index (χ2n) is 6.80. The molecule has 0 amide bonds. The Morgan fingerprint density at radius 2 is 1.83 bits per heavy atom. The lowest BCUT2D eigenvalue weighted by Crippen LogP contribution is -2.24. The summed E-state index contributed by atoms with van der Waals surface area (Å²) >= 11 is 7.75. The van der Waals surface area contributed by atoms with Crippen LogP contribution in [0.1, 0.15) is 16.7 Å². The molecule has 0 bridgehead atoms. The van der Waals surface area contributed by atoms with Gasteiger partial charge in [0.25, 0.3) is 0 Å². The molecule has 1 N–H and O–H groups in total. The van der Waals surface area contributed by atoms with Gasteiger partial charge < -0.3 is 14.7 Å². The van der Waals surface area contributed by atoms with Crippen molar-refractivity contribution in [3.63, 3.8) is 0 Å². The second kappa shape index (κ2) is 11.1. The molecule has 0 spiro atoms. The van der Waals surface area contributed by atoms with Crippen LogP contribution < -0.4 is 4.74 Å². The van der Waals surface area contributed by atoms with Crippen LogP contribution in [0.2, 0.25) is 5.02 Å². The van der Waals surface area contributed by atoms with Crippen molar-refractivity contribution < 1.29 is 14.6 Å². The highest BCUT2D eigenvalue weighted by molar-refractivity contribution is 7.97. The maximum atomic E-state index is 10.8. The zero-order valence-corrected chi connectivity index (χ0v) is 18.6. The predicted octanol–water partition coefficient (Wildman–Crippen LogP) is 4.01. The number of benzene rings is 2. The number of nitrogens with zero attached hydrogens (tertiary/aromatic N) is 2. The van der Waals surface area contributed by atoms with Crippen molar-refractivity contribution in [2.24, 2.45) is 0 Å². The Labute approximate surface area is 181 Å². The van der Waals surface area contributed by atoms with Gasteiger partial charge in [-0.25, -0.2) is 9.10 Å². The Morgan fingerprint density at radius 1 is 1.10 bits per heavy atom. The largest absolute Gasteiger partial charge is 0.481 e. The van der Waals surface area contributed by atoms with Crippen LogP contribution in [-0.2, 0) is 4.79 Å². The van der Waals surface area contributed by atoms with Crippen molar-refractivity contribution in [1.82, 2.24) is 9.21 Å². The molecule has 0 saturated heterocycles. The topological polar surface area (TPSA) is 53.0 Å². The quantitative estimate of drug-likeness (QED) is 0.502. The fourth-order valence-electron chi connectivity index (χ4n) is 2.36. The summed E-state index contributed by atoms with van der Waals surface area (Å²) in [4.78, 5) is 14.0. The number of hydrogen-bond donors (Lipinski definition) is 1. The molecule has 0 heterocycles. The molecule has 2 aromatic carbocycles. The molecule has 0 aromatic heterocycles. The molecular weight excluding hydrogens is 408 g/mol. The molecule has 2 aromatic rings. The molecule has 0 aliphatic heterocycles. The first-order valence-corrected chi connectivity index (χ1v) is 10.2. The molecule has 7 heteroatoms. The standard InChI is InChI=1S/C22H25ClN2O3S/c1-16-5-9-20(29-25(4)12-11-24(2)3)14-17(16)6-7-18-13-19(23)8-10-21(18)28-15-22(26)27/h5,8-10,13-14H,11-12,15H2,1-4H3,(H,26,27). The van der Waals surface area contributed by atoms with Gasteiger partial charge in [0.2, 0.25) is 0 Å². The van der Waals surface area contributed by atoms with Crippen molar-refractivity contribution >= 4 is 29.5 Å². The van der Waals surface area contributed by atoms with E-state index >= 15 is 0 Å². The van der Waals surface area contributed by atoms with E-state index in [2.05, 4.69) is 54.3 Å². The van der Waals surface area contributed by atoms with Gasteiger partial charge in [-0.2, -0.15) is 0 Å². The molecule has 5 nitrogen and oxygen atoms in total. The smallest absolute Gasteiger partial charge is 0.341 e. The van der Waals surface area contributed by atoms with Crippen molar-refractivity contribution in [3.05, 3.63) is 58.1 Å². The van der Waals surface area contributed by atoms with Crippen molar-refractivity contribution in [1.29, 1.82) is 0 Å². The number of hydrogen-bond acceptors (Lipinski definition) is 5. The normalized spacial score (nSPS) is 10.7. The minimum Gasteiger partial charge on any atom is -0.481 e. The van der Waals surface area contributed by atoms with Gasteiger partial charge in [-0.15, -0.1) is 0 Å². The number of carboxylic acid groups (broad SMARTS) is 1. The molecular formula is C22H25ClN2O3S. The predicted molar refractivity (Wildman–Crippen MR) is 119 cm³/mol. The maximum absolute atomic E-state index is 10.8. The van der Waals surface area contributed by atoms with Crippen LogP contribution in [0.3, 0.4) is 0 Å². The molecule has 29 heavy (non-hydrogen) atoms. The minimum atomic E-state index is -1.04. The highest BCUT2D eigenvalue weighted by Crippen LogP contribution is 2.25. The summed E-state index contributed by atoms with van der Waals surface area (Å²) < 4.78 is 7.51. The van der Waals surface area contributed by atoms with Crippen LogP contribution in [-0.4, -0.2) is 61.1 Å². The van der Waals surface area contributed by atoms with Crippen LogP contribution in [0.5, 0.6) is 5.75 Å². The van der Waals surface area contributed by atoms with E-state index in [1.165, 1.54) is 0 Å². The highest BCUT2D eigenvalue weighted by atomic mass is 35.5. The van der Waals surface area contributed by atoms with Gasteiger partial charge in [0.05, 0.1) is 5.56 Å². The zero-order valence-electron chi connectivity index (χ0n) is 17.0. The van der Waals surface area contributed by atoms with Crippen molar-refractivity contribution in [2.75, 3.05) is 40.8 Å². The number of carboxylic acids is 1. The number of halogens is 1. The van der Waals surface area contributed by atoms with E-state index in [4.69, 9.17) is 21.4 Å².